The molecule has 1 aliphatic heterocycles. The van der Waals surface area contributed by atoms with E-state index in [2.05, 4.69) is 43.0 Å². The number of benzene rings is 2. The molecule has 0 aliphatic carbocycles. The number of carbonyl (C=O) groups is 1. The summed E-state index contributed by atoms with van der Waals surface area (Å²) in [7, 11) is 0. The van der Waals surface area contributed by atoms with Crippen molar-refractivity contribution >= 4 is 17.5 Å². The van der Waals surface area contributed by atoms with E-state index in [0.29, 0.717) is 36.2 Å². The molecule has 2 aromatic carbocycles. The molecule has 0 saturated carbocycles. The molecule has 5 nitrogen and oxygen atoms in total. The van der Waals surface area contributed by atoms with Gasteiger partial charge in [-0.1, -0.05) is 61.8 Å². The lowest BCUT2D eigenvalue weighted by Crippen LogP contribution is -2.24. The number of hydrogen-bond donors (Lipinski definition) is 0. The van der Waals surface area contributed by atoms with Crippen molar-refractivity contribution in [2.75, 3.05) is 6.54 Å². The summed E-state index contributed by atoms with van der Waals surface area (Å²) in [6.07, 6.45) is 0.398. The average Bonchev–Trinajstić information content (AvgIpc) is 3.30. The summed E-state index contributed by atoms with van der Waals surface area (Å²) in [5, 5.41) is 4.84. The number of aromatic nitrogens is 2. The molecule has 3 aromatic rings. The van der Waals surface area contributed by atoms with Crippen molar-refractivity contribution < 1.29 is 9.32 Å². The maximum absolute atomic E-state index is 12.5. The van der Waals surface area contributed by atoms with Gasteiger partial charge in [0.1, 0.15) is 0 Å². The second kappa shape index (κ2) is 7.64. The first kappa shape index (κ1) is 19.6. The van der Waals surface area contributed by atoms with Crippen molar-refractivity contribution in [2.45, 2.75) is 45.1 Å². The third-order valence-corrected chi connectivity index (χ3v) is 5.56. The van der Waals surface area contributed by atoms with Crippen LogP contribution in [-0.2, 0) is 16.8 Å². The van der Waals surface area contributed by atoms with E-state index in [9.17, 15) is 4.79 Å². The second-order valence-electron chi connectivity index (χ2n) is 8.59. The van der Waals surface area contributed by atoms with Gasteiger partial charge in [0.15, 0.2) is 5.82 Å². The van der Waals surface area contributed by atoms with Crippen LogP contribution >= 0.6 is 11.6 Å². The first-order valence-electron chi connectivity index (χ1n) is 9.76. The van der Waals surface area contributed by atoms with Crippen molar-refractivity contribution in [3.63, 3.8) is 0 Å². The fourth-order valence-electron chi connectivity index (χ4n) is 3.54. The highest BCUT2D eigenvalue weighted by Crippen LogP contribution is 2.30. The zero-order valence-electron chi connectivity index (χ0n) is 16.9. The Morgan fingerprint density at radius 2 is 1.79 bits per heavy atom. The number of carbonyl (C=O) groups excluding carboxylic acids is 1. The van der Waals surface area contributed by atoms with Crippen molar-refractivity contribution in [3.05, 3.63) is 70.5 Å². The molecule has 6 heteroatoms. The number of halogens is 1. The lowest BCUT2D eigenvalue weighted by atomic mass is 9.87. The summed E-state index contributed by atoms with van der Waals surface area (Å²) in [6.45, 7) is 7.69. The number of amides is 1. The summed E-state index contributed by atoms with van der Waals surface area (Å²) < 4.78 is 5.48. The summed E-state index contributed by atoms with van der Waals surface area (Å²) >= 11 is 5.94. The molecule has 0 bridgehead atoms. The van der Waals surface area contributed by atoms with Crippen molar-refractivity contribution in [1.82, 2.24) is 15.0 Å². The molecule has 1 fully saturated rings. The van der Waals surface area contributed by atoms with E-state index in [4.69, 9.17) is 16.1 Å². The van der Waals surface area contributed by atoms with E-state index < -0.39 is 0 Å². The molecule has 1 aromatic heterocycles. The van der Waals surface area contributed by atoms with Crippen LogP contribution in [0.1, 0.15) is 50.1 Å². The number of nitrogens with zero attached hydrogens (tertiary/aromatic N) is 3. The Kier molecular flexibility index (Phi) is 5.17. The molecule has 1 saturated heterocycles. The van der Waals surface area contributed by atoms with Crippen LogP contribution in [-0.4, -0.2) is 27.5 Å². The highest BCUT2D eigenvalue weighted by atomic mass is 35.5. The standard InChI is InChI=1S/C23H24ClN3O2/c1-23(2,3)18-8-6-16(7-9-18)22-25-21(26-29-22)17-12-20(28)27(14-17)13-15-4-10-19(24)11-5-15/h4-11,17H,12-14H2,1-3H3. The molecule has 1 amide bonds. The molecule has 0 N–H and O–H groups in total. The van der Waals surface area contributed by atoms with Gasteiger partial charge in [-0.25, -0.2) is 0 Å². The molecule has 1 unspecified atom stereocenters. The van der Waals surface area contributed by atoms with E-state index in [-0.39, 0.29) is 17.2 Å². The van der Waals surface area contributed by atoms with E-state index in [1.54, 1.807) is 0 Å². The lowest BCUT2D eigenvalue weighted by Gasteiger charge is -2.18. The molecular weight excluding hydrogens is 386 g/mol. The molecule has 2 heterocycles. The van der Waals surface area contributed by atoms with Crippen molar-refractivity contribution in [3.8, 4) is 11.5 Å². The lowest BCUT2D eigenvalue weighted by molar-refractivity contribution is -0.128. The fraction of sp³-hybridized carbons (Fsp3) is 0.348. The van der Waals surface area contributed by atoms with Crippen LogP contribution in [0.4, 0.5) is 0 Å². The van der Waals surface area contributed by atoms with Crippen LogP contribution < -0.4 is 0 Å². The fourth-order valence-corrected chi connectivity index (χ4v) is 3.66. The second-order valence-corrected chi connectivity index (χ2v) is 9.02. The molecule has 150 valence electrons. The van der Waals surface area contributed by atoms with E-state index in [1.165, 1.54) is 5.56 Å². The molecule has 4 rings (SSSR count). The molecule has 0 radical (unpaired) electrons. The Hall–Kier alpha value is -2.66. The Balaban J connectivity index is 1.45. The summed E-state index contributed by atoms with van der Waals surface area (Å²) in [6, 6.07) is 15.7. The van der Waals surface area contributed by atoms with Crippen molar-refractivity contribution in [1.29, 1.82) is 0 Å². The Labute approximate surface area is 175 Å². The third kappa shape index (κ3) is 4.35. The first-order valence-corrected chi connectivity index (χ1v) is 10.1. The SMILES string of the molecule is CC(C)(C)c1ccc(-c2nc(C3CC(=O)N(Cc4ccc(Cl)cc4)C3)no2)cc1. The quantitative estimate of drug-likeness (QED) is 0.594. The van der Waals surface area contributed by atoms with E-state index >= 15 is 0 Å². The van der Waals surface area contributed by atoms with Gasteiger partial charge in [0.2, 0.25) is 5.91 Å². The molecule has 0 spiro atoms. The highest BCUT2D eigenvalue weighted by molar-refractivity contribution is 6.30. The molecule has 1 atom stereocenters. The zero-order chi connectivity index (χ0) is 20.6. The van der Waals surface area contributed by atoms with Gasteiger partial charge in [-0.2, -0.15) is 4.98 Å². The van der Waals surface area contributed by atoms with Gasteiger partial charge in [-0.05, 0) is 40.8 Å². The van der Waals surface area contributed by atoms with Gasteiger partial charge in [-0.3, -0.25) is 4.79 Å². The minimum absolute atomic E-state index is 0.0545. The minimum Gasteiger partial charge on any atom is -0.338 e. The smallest absolute Gasteiger partial charge is 0.257 e. The normalized spacial score (nSPS) is 17.2. The van der Waals surface area contributed by atoms with Crippen molar-refractivity contribution in [2.24, 2.45) is 0 Å². The van der Waals surface area contributed by atoms with Gasteiger partial charge < -0.3 is 9.42 Å². The summed E-state index contributed by atoms with van der Waals surface area (Å²) in [5.41, 5.74) is 3.28. The van der Waals surface area contributed by atoms with Gasteiger partial charge in [0.25, 0.3) is 5.89 Å². The van der Waals surface area contributed by atoms with Crippen LogP contribution in [0, 0.1) is 0 Å². The van der Waals surface area contributed by atoms with Gasteiger partial charge in [-0.15, -0.1) is 0 Å². The topological polar surface area (TPSA) is 59.2 Å². The molecule has 29 heavy (non-hydrogen) atoms. The van der Waals surface area contributed by atoms with Gasteiger partial charge >= 0.3 is 0 Å². The highest BCUT2D eigenvalue weighted by Gasteiger charge is 2.33. The zero-order valence-corrected chi connectivity index (χ0v) is 17.6. The largest absolute Gasteiger partial charge is 0.338 e. The van der Waals surface area contributed by atoms with Crippen LogP contribution in [0.15, 0.2) is 53.1 Å². The number of hydrogen-bond acceptors (Lipinski definition) is 4. The number of likely N-dealkylation sites (tertiary alicyclic amines) is 1. The molecular formula is C23H24ClN3O2. The summed E-state index contributed by atoms with van der Waals surface area (Å²) in [5.74, 6) is 1.13. The van der Waals surface area contributed by atoms with Crippen LogP contribution in [0.3, 0.4) is 0 Å². The Morgan fingerprint density at radius 1 is 1.10 bits per heavy atom. The van der Waals surface area contributed by atoms with E-state index in [1.807, 2.05) is 41.3 Å². The predicted octanol–water partition coefficient (Wildman–Crippen LogP) is 5.20. The van der Waals surface area contributed by atoms with Crippen LogP contribution in [0.5, 0.6) is 0 Å². The predicted molar refractivity (Wildman–Crippen MR) is 113 cm³/mol. The maximum Gasteiger partial charge on any atom is 0.257 e. The average molecular weight is 410 g/mol. The van der Waals surface area contributed by atoms with Gasteiger partial charge in [0.05, 0.1) is 0 Å². The maximum atomic E-state index is 12.5. The van der Waals surface area contributed by atoms with Gasteiger partial charge in [0, 0.05) is 36.0 Å². The Bertz CT molecular complexity index is 1000. The first-order chi connectivity index (χ1) is 13.8. The minimum atomic E-state index is -0.0545. The number of rotatable bonds is 4. The Morgan fingerprint density at radius 3 is 2.45 bits per heavy atom. The monoisotopic (exact) mass is 409 g/mol. The van der Waals surface area contributed by atoms with Crippen LogP contribution in [0.2, 0.25) is 5.02 Å². The summed E-state index contributed by atoms with van der Waals surface area (Å²) in [4.78, 5) is 18.9. The van der Waals surface area contributed by atoms with Crippen LogP contribution in [0.25, 0.3) is 11.5 Å². The third-order valence-electron chi connectivity index (χ3n) is 5.31. The molecule has 1 aliphatic rings. The van der Waals surface area contributed by atoms with E-state index in [0.717, 1.165) is 11.1 Å².